The molecule has 0 amide bonds. The lowest BCUT2D eigenvalue weighted by Gasteiger charge is -2.30. The quantitative estimate of drug-likeness (QED) is 0.772. The molecule has 2 heterocycles. The molecule has 0 spiro atoms. The van der Waals surface area contributed by atoms with Gasteiger partial charge in [0.15, 0.2) is 0 Å². The molecule has 0 atom stereocenters. The maximum absolute atomic E-state index is 9.54. The van der Waals surface area contributed by atoms with E-state index >= 15 is 0 Å². The summed E-state index contributed by atoms with van der Waals surface area (Å²) < 4.78 is 2.30. The fourth-order valence-corrected chi connectivity index (χ4v) is 3.84. The molecule has 4 nitrogen and oxygen atoms in total. The van der Waals surface area contributed by atoms with Gasteiger partial charge in [0.05, 0.1) is 12.0 Å². The predicted molar refractivity (Wildman–Crippen MR) is 104 cm³/mol. The lowest BCUT2D eigenvalue weighted by molar-refractivity contribution is 0.251. The zero-order valence-electron chi connectivity index (χ0n) is 15.2. The summed E-state index contributed by atoms with van der Waals surface area (Å²) in [5.74, 6) is 0.834. The summed E-state index contributed by atoms with van der Waals surface area (Å²) in [7, 11) is 2.20. The summed E-state index contributed by atoms with van der Waals surface area (Å²) >= 11 is 0. The molecule has 1 aromatic heterocycles. The summed E-state index contributed by atoms with van der Waals surface area (Å²) in [6.07, 6.45) is 4.30. The van der Waals surface area contributed by atoms with Crippen LogP contribution in [0, 0.1) is 0 Å². The van der Waals surface area contributed by atoms with Crippen LogP contribution >= 0.6 is 0 Å². The Morgan fingerprint density at radius 3 is 2.38 bits per heavy atom. The first-order valence-electron chi connectivity index (χ1n) is 9.27. The van der Waals surface area contributed by atoms with Gasteiger partial charge in [-0.15, -0.1) is 0 Å². The fraction of sp³-hybridized carbons (Fsp3) is 0.318. The fourth-order valence-electron chi connectivity index (χ4n) is 3.84. The molecule has 4 heteroatoms. The van der Waals surface area contributed by atoms with Crippen molar-refractivity contribution in [2.24, 2.45) is 0 Å². The van der Waals surface area contributed by atoms with E-state index < -0.39 is 0 Å². The van der Waals surface area contributed by atoms with E-state index in [2.05, 4.69) is 40.8 Å². The van der Waals surface area contributed by atoms with E-state index in [1.807, 2.05) is 24.5 Å². The van der Waals surface area contributed by atoms with E-state index in [1.54, 1.807) is 12.1 Å². The van der Waals surface area contributed by atoms with Crippen LogP contribution in [-0.4, -0.2) is 39.7 Å². The van der Waals surface area contributed by atoms with Crippen molar-refractivity contribution < 1.29 is 5.11 Å². The van der Waals surface area contributed by atoms with Gasteiger partial charge in [-0.1, -0.05) is 42.5 Å². The molecule has 1 saturated heterocycles. The standard InChI is InChI=1S/C22H25N3O/c1-24-13-11-19(12-14-24)22-21(18-5-3-2-4-6-18)23-16-25(22)15-17-7-9-20(26)10-8-17/h2-10,16,19,26H,11-15H2,1H3. The van der Waals surface area contributed by atoms with Crippen LogP contribution in [0.4, 0.5) is 0 Å². The molecule has 0 saturated carbocycles. The van der Waals surface area contributed by atoms with Crippen LogP contribution < -0.4 is 0 Å². The number of benzene rings is 2. The topological polar surface area (TPSA) is 41.3 Å². The maximum atomic E-state index is 9.54. The lowest BCUT2D eigenvalue weighted by Crippen LogP contribution is -2.30. The highest BCUT2D eigenvalue weighted by Crippen LogP contribution is 2.35. The van der Waals surface area contributed by atoms with Gasteiger partial charge in [0, 0.05) is 23.7 Å². The molecule has 0 aliphatic carbocycles. The Morgan fingerprint density at radius 1 is 1.00 bits per heavy atom. The SMILES string of the molecule is CN1CCC(c2c(-c3ccccc3)ncn2Cc2ccc(O)cc2)CC1. The molecule has 0 radical (unpaired) electrons. The van der Waals surface area contributed by atoms with Crippen LogP contribution in [0.25, 0.3) is 11.3 Å². The minimum atomic E-state index is 0.305. The summed E-state index contributed by atoms with van der Waals surface area (Å²) in [5, 5.41) is 9.54. The highest BCUT2D eigenvalue weighted by molar-refractivity contribution is 5.62. The number of phenolic OH excluding ortho intramolecular Hbond substituents is 1. The van der Waals surface area contributed by atoms with Crippen LogP contribution in [0.3, 0.4) is 0 Å². The monoisotopic (exact) mass is 347 g/mol. The molecular weight excluding hydrogens is 322 g/mol. The van der Waals surface area contributed by atoms with Gasteiger partial charge < -0.3 is 14.6 Å². The third kappa shape index (κ3) is 3.51. The number of piperidine rings is 1. The van der Waals surface area contributed by atoms with E-state index in [-0.39, 0.29) is 0 Å². The molecule has 2 aromatic carbocycles. The Labute approximate surface area is 154 Å². The van der Waals surface area contributed by atoms with Crippen molar-refractivity contribution in [2.75, 3.05) is 20.1 Å². The second-order valence-electron chi connectivity index (χ2n) is 7.22. The molecule has 1 fully saturated rings. The van der Waals surface area contributed by atoms with Gasteiger partial charge in [0.1, 0.15) is 5.75 Å². The Morgan fingerprint density at radius 2 is 1.69 bits per heavy atom. The van der Waals surface area contributed by atoms with E-state index in [0.717, 1.165) is 38.2 Å². The van der Waals surface area contributed by atoms with Gasteiger partial charge in [-0.2, -0.15) is 0 Å². The molecule has 0 unspecified atom stereocenters. The van der Waals surface area contributed by atoms with E-state index in [1.165, 1.54) is 16.8 Å². The largest absolute Gasteiger partial charge is 0.508 e. The number of rotatable bonds is 4. The molecule has 1 aliphatic rings. The minimum Gasteiger partial charge on any atom is -0.508 e. The average molecular weight is 347 g/mol. The molecule has 1 N–H and O–H groups in total. The van der Waals surface area contributed by atoms with Gasteiger partial charge in [-0.25, -0.2) is 4.98 Å². The Kier molecular flexibility index (Phi) is 4.76. The Balaban J connectivity index is 1.71. The number of imidazole rings is 1. The number of aromatic nitrogens is 2. The molecular formula is C22H25N3O. The minimum absolute atomic E-state index is 0.305. The first-order valence-corrected chi connectivity index (χ1v) is 9.27. The van der Waals surface area contributed by atoms with Crippen molar-refractivity contribution >= 4 is 0 Å². The number of nitrogens with zero attached hydrogens (tertiary/aromatic N) is 3. The third-order valence-electron chi connectivity index (χ3n) is 5.32. The molecule has 0 bridgehead atoms. The first kappa shape index (κ1) is 16.9. The number of aromatic hydroxyl groups is 1. The number of hydrogen-bond donors (Lipinski definition) is 1. The molecule has 3 aromatic rings. The van der Waals surface area contributed by atoms with Crippen molar-refractivity contribution in [1.82, 2.24) is 14.5 Å². The van der Waals surface area contributed by atoms with E-state index in [9.17, 15) is 5.11 Å². The van der Waals surface area contributed by atoms with Crippen molar-refractivity contribution in [1.29, 1.82) is 0 Å². The van der Waals surface area contributed by atoms with Crippen LogP contribution in [-0.2, 0) is 6.54 Å². The Bertz CT molecular complexity index is 847. The predicted octanol–water partition coefficient (Wildman–Crippen LogP) is 4.11. The third-order valence-corrected chi connectivity index (χ3v) is 5.32. The number of phenols is 1. The molecule has 1 aliphatic heterocycles. The second-order valence-corrected chi connectivity index (χ2v) is 7.22. The van der Waals surface area contributed by atoms with E-state index in [4.69, 9.17) is 4.98 Å². The zero-order chi connectivity index (χ0) is 17.9. The second kappa shape index (κ2) is 7.34. The first-order chi connectivity index (χ1) is 12.7. The summed E-state index contributed by atoms with van der Waals surface area (Å²) in [4.78, 5) is 7.20. The summed E-state index contributed by atoms with van der Waals surface area (Å²) in [5.41, 5.74) is 4.82. The smallest absolute Gasteiger partial charge is 0.115 e. The zero-order valence-corrected chi connectivity index (χ0v) is 15.2. The molecule has 134 valence electrons. The van der Waals surface area contributed by atoms with E-state index in [0.29, 0.717) is 11.7 Å². The highest BCUT2D eigenvalue weighted by Gasteiger charge is 2.25. The maximum Gasteiger partial charge on any atom is 0.115 e. The van der Waals surface area contributed by atoms with Crippen molar-refractivity contribution in [3.8, 4) is 17.0 Å². The van der Waals surface area contributed by atoms with Gasteiger partial charge in [-0.05, 0) is 50.7 Å². The van der Waals surface area contributed by atoms with Crippen LogP contribution in [0.15, 0.2) is 60.9 Å². The van der Waals surface area contributed by atoms with Gasteiger partial charge in [0.25, 0.3) is 0 Å². The average Bonchev–Trinajstić information content (AvgIpc) is 3.08. The van der Waals surface area contributed by atoms with Crippen molar-refractivity contribution in [3.63, 3.8) is 0 Å². The lowest BCUT2D eigenvalue weighted by atomic mass is 9.90. The summed E-state index contributed by atoms with van der Waals surface area (Å²) in [6.45, 7) is 3.04. The molecule has 4 rings (SSSR count). The van der Waals surface area contributed by atoms with Crippen molar-refractivity contribution in [3.05, 3.63) is 72.2 Å². The van der Waals surface area contributed by atoms with Crippen LogP contribution in [0.2, 0.25) is 0 Å². The number of likely N-dealkylation sites (tertiary alicyclic amines) is 1. The van der Waals surface area contributed by atoms with Crippen LogP contribution in [0.5, 0.6) is 5.75 Å². The normalized spacial score (nSPS) is 16.0. The Hall–Kier alpha value is -2.59. The van der Waals surface area contributed by atoms with Gasteiger partial charge in [0.2, 0.25) is 0 Å². The van der Waals surface area contributed by atoms with Gasteiger partial charge in [-0.3, -0.25) is 0 Å². The van der Waals surface area contributed by atoms with Crippen molar-refractivity contribution in [2.45, 2.75) is 25.3 Å². The summed E-state index contributed by atoms with van der Waals surface area (Å²) in [6, 6.07) is 18.0. The van der Waals surface area contributed by atoms with Crippen LogP contribution in [0.1, 0.15) is 30.0 Å². The number of hydrogen-bond acceptors (Lipinski definition) is 3. The van der Waals surface area contributed by atoms with Gasteiger partial charge >= 0.3 is 0 Å². The highest BCUT2D eigenvalue weighted by atomic mass is 16.3. The molecule has 26 heavy (non-hydrogen) atoms.